The van der Waals surface area contributed by atoms with Gasteiger partial charge in [0.2, 0.25) is 0 Å². The van der Waals surface area contributed by atoms with E-state index >= 15 is 0 Å². The predicted octanol–water partition coefficient (Wildman–Crippen LogP) is 5.19. The van der Waals surface area contributed by atoms with Crippen molar-refractivity contribution in [2.24, 2.45) is 0 Å². The van der Waals surface area contributed by atoms with E-state index in [4.69, 9.17) is 4.74 Å². The molecule has 0 aliphatic rings. The van der Waals surface area contributed by atoms with Crippen molar-refractivity contribution in [2.45, 2.75) is 26.6 Å². The fraction of sp³-hybridized carbons (Fsp3) is 0.250. The number of nitrogens with zero attached hydrogens (tertiary/aromatic N) is 1. The summed E-state index contributed by atoms with van der Waals surface area (Å²) in [5.41, 5.74) is 2.07. The second kappa shape index (κ2) is 6.86. The molecule has 0 aliphatic carbocycles. The van der Waals surface area contributed by atoms with Gasteiger partial charge in [-0.1, -0.05) is 29.8 Å². The molecule has 0 saturated carbocycles. The van der Waals surface area contributed by atoms with Crippen LogP contribution in [0.4, 0.5) is 13.2 Å². The standard InChI is InChI=1S/C20H18F3NO2/c1-3-26-19(25)18-11-15-10-16(20(21,22)23)7-8-17(15)24(18)12-14-6-4-5-13(2)9-14/h4-11H,3,12H2,1-2H3. The quantitative estimate of drug-likeness (QED) is 0.599. The van der Waals surface area contributed by atoms with Gasteiger partial charge in [-0.05, 0) is 43.7 Å². The zero-order valence-corrected chi connectivity index (χ0v) is 14.4. The SMILES string of the molecule is CCOC(=O)c1cc2cc(C(F)(F)F)ccc2n1Cc1cccc(C)c1. The fourth-order valence-corrected chi connectivity index (χ4v) is 2.98. The lowest BCUT2D eigenvalue weighted by Crippen LogP contribution is -2.13. The molecule has 3 aromatic rings. The van der Waals surface area contributed by atoms with E-state index in [9.17, 15) is 18.0 Å². The van der Waals surface area contributed by atoms with Crippen molar-refractivity contribution in [3.8, 4) is 0 Å². The number of alkyl halides is 3. The normalized spacial score (nSPS) is 11.7. The third-order valence-electron chi connectivity index (χ3n) is 4.14. The summed E-state index contributed by atoms with van der Waals surface area (Å²) in [5, 5.41) is 0.357. The first kappa shape index (κ1) is 18.0. The number of aryl methyl sites for hydroxylation is 1. The maximum atomic E-state index is 13.0. The number of rotatable bonds is 4. The maximum Gasteiger partial charge on any atom is 0.416 e. The van der Waals surface area contributed by atoms with Gasteiger partial charge in [0.15, 0.2) is 0 Å². The Morgan fingerprint density at radius 1 is 1.12 bits per heavy atom. The molecule has 0 radical (unpaired) electrons. The number of carbonyl (C=O) groups excluding carboxylic acids is 1. The van der Waals surface area contributed by atoms with Crippen LogP contribution >= 0.6 is 0 Å². The van der Waals surface area contributed by atoms with Crippen LogP contribution in [0.5, 0.6) is 0 Å². The number of halogens is 3. The molecule has 0 bridgehead atoms. The number of esters is 1. The molecule has 0 fully saturated rings. The van der Waals surface area contributed by atoms with E-state index in [2.05, 4.69) is 0 Å². The second-order valence-electron chi connectivity index (χ2n) is 6.10. The summed E-state index contributed by atoms with van der Waals surface area (Å²) in [6.45, 7) is 4.20. The zero-order chi connectivity index (χ0) is 18.9. The van der Waals surface area contributed by atoms with Gasteiger partial charge in [0, 0.05) is 17.4 Å². The van der Waals surface area contributed by atoms with Crippen LogP contribution in [0.15, 0.2) is 48.5 Å². The predicted molar refractivity (Wildman–Crippen MR) is 93.2 cm³/mol. The Hall–Kier alpha value is -2.76. The molecule has 0 amide bonds. The summed E-state index contributed by atoms with van der Waals surface area (Å²) in [6, 6.07) is 12.7. The molecule has 2 aromatic carbocycles. The molecular formula is C20H18F3NO2. The van der Waals surface area contributed by atoms with Crippen molar-refractivity contribution < 1.29 is 22.7 Å². The van der Waals surface area contributed by atoms with E-state index < -0.39 is 17.7 Å². The number of fused-ring (bicyclic) bond motifs is 1. The highest BCUT2D eigenvalue weighted by Gasteiger charge is 2.31. The molecule has 0 N–H and O–H groups in total. The van der Waals surface area contributed by atoms with Gasteiger partial charge < -0.3 is 9.30 Å². The van der Waals surface area contributed by atoms with Crippen molar-refractivity contribution in [3.63, 3.8) is 0 Å². The highest BCUT2D eigenvalue weighted by atomic mass is 19.4. The van der Waals surface area contributed by atoms with Gasteiger partial charge in [-0.3, -0.25) is 0 Å². The molecule has 6 heteroatoms. The minimum absolute atomic E-state index is 0.193. The number of aromatic nitrogens is 1. The Balaban J connectivity index is 2.14. The molecule has 0 saturated heterocycles. The lowest BCUT2D eigenvalue weighted by molar-refractivity contribution is -0.137. The second-order valence-corrected chi connectivity index (χ2v) is 6.10. The van der Waals surface area contributed by atoms with Crippen molar-refractivity contribution in [3.05, 3.63) is 70.9 Å². The van der Waals surface area contributed by atoms with Crippen molar-refractivity contribution >= 4 is 16.9 Å². The van der Waals surface area contributed by atoms with Gasteiger partial charge in [-0.15, -0.1) is 0 Å². The van der Waals surface area contributed by atoms with Gasteiger partial charge in [0.25, 0.3) is 0 Å². The topological polar surface area (TPSA) is 31.2 Å². The lowest BCUT2D eigenvalue weighted by atomic mass is 10.1. The largest absolute Gasteiger partial charge is 0.461 e. The Kier molecular flexibility index (Phi) is 4.76. The van der Waals surface area contributed by atoms with Gasteiger partial charge in [-0.25, -0.2) is 4.79 Å². The van der Waals surface area contributed by atoms with E-state index in [-0.39, 0.29) is 12.3 Å². The highest BCUT2D eigenvalue weighted by molar-refractivity contribution is 5.96. The molecule has 26 heavy (non-hydrogen) atoms. The summed E-state index contributed by atoms with van der Waals surface area (Å²) in [7, 11) is 0. The first-order valence-electron chi connectivity index (χ1n) is 8.22. The summed E-state index contributed by atoms with van der Waals surface area (Å²) in [4.78, 5) is 12.3. The number of carbonyl (C=O) groups is 1. The van der Waals surface area contributed by atoms with Crippen LogP contribution in [-0.2, 0) is 17.5 Å². The van der Waals surface area contributed by atoms with E-state index in [0.29, 0.717) is 17.4 Å². The monoisotopic (exact) mass is 361 g/mol. The highest BCUT2D eigenvalue weighted by Crippen LogP contribution is 2.33. The average molecular weight is 361 g/mol. The number of ether oxygens (including phenoxy) is 1. The fourth-order valence-electron chi connectivity index (χ4n) is 2.98. The van der Waals surface area contributed by atoms with Crippen LogP contribution in [0.2, 0.25) is 0 Å². The molecular weight excluding hydrogens is 343 g/mol. The molecule has 3 nitrogen and oxygen atoms in total. The minimum Gasteiger partial charge on any atom is -0.461 e. The summed E-state index contributed by atoms with van der Waals surface area (Å²) in [5.74, 6) is -0.551. The summed E-state index contributed by atoms with van der Waals surface area (Å²) in [6.07, 6.45) is -4.43. The molecule has 1 heterocycles. The van der Waals surface area contributed by atoms with E-state index in [1.54, 1.807) is 11.5 Å². The van der Waals surface area contributed by atoms with Crippen molar-refractivity contribution in [1.82, 2.24) is 4.57 Å². The third kappa shape index (κ3) is 3.59. The van der Waals surface area contributed by atoms with E-state index in [1.807, 2.05) is 31.2 Å². The van der Waals surface area contributed by atoms with Gasteiger partial charge in [0.1, 0.15) is 5.69 Å². The van der Waals surface area contributed by atoms with Crippen LogP contribution in [0.3, 0.4) is 0 Å². The molecule has 1 aromatic heterocycles. The minimum atomic E-state index is -4.43. The number of hydrogen-bond donors (Lipinski definition) is 0. The Morgan fingerprint density at radius 2 is 1.88 bits per heavy atom. The molecule has 0 unspecified atom stereocenters. The lowest BCUT2D eigenvalue weighted by Gasteiger charge is -2.12. The number of benzene rings is 2. The molecule has 0 aliphatic heterocycles. The molecule has 0 atom stereocenters. The van der Waals surface area contributed by atoms with Crippen LogP contribution in [0.25, 0.3) is 10.9 Å². The van der Waals surface area contributed by atoms with Crippen LogP contribution in [-0.4, -0.2) is 17.1 Å². The third-order valence-corrected chi connectivity index (χ3v) is 4.14. The Bertz CT molecular complexity index is 957. The first-order valence-corrected chi connectivity index (χ1v) is 8.22. The Labute approximate surface area is 149 Å². The van der Waals surface area contributed by atoms with Crippen LogP contribution in [0, 0.1) is 6.92 Å². The molecule has 136 valence electrons. The van der Waals surface area contributed by atoms with Crippen LogP contribution in [0.1, 0.15) is 34.1 Å². The van der Waals surface area contributed by atoms with Crippen molar-refractivity contribution in [1.29, 1.82) is 0 Å². The summed E-state index contributed by atoms with van der Waals surface area (Å²) < 4.78 is 45.8. The zero-order valence-electron chi connectivity index (χ0n) is 14.4. The first-order chi connectivity index (χ1) is 12.3. The van der Waals surface area contributed by atoms with Gasteiger partial charge in [-0.2, -0.15) is 13.2 Å². The van der Waals surface area contributed by atoms with Gasteiger partial charge in [0.05, 0.1) is 12.2 Å². The maximum absolute atomic E-state index is 13.0. The number of hydrogen-bond acceptors (Lipinski definition) is 2. The van der Waals surface area contributed by atoms with E-state index in [0.717, 1.165) is 23.3 Å². The van der Waals surface area contributed by atoms with Crippen molar-refractivity contribution in [2.75, 3.05) is 6.61 Å². The summed E-state index contributed by atoms with van der Waals surface area (Å²) >= 11 is 0. The van der Waals surface area contributed by atoms with E-state index in [1.165, 1.54) is 12.1 Å². The molecule has 0 spiro atoms. The molecule has 3 rings (SSSR count). The Morgan fingerprint density at radius 3 is 2.54 bits per heavy atom. The average Bonchev–Trinajstić information content (AvgIpc) is 2.92. The van der Waals surface area contributed by atoms with Gasteiger partial charge >= 0.3 is 12.1 Å². The van der Waals surface area contributed by atoms with Crippen LogP contribution < -0.4 is 0 Å². The smallest absolute Gasteiger partial charge is 0.416 e.